The highest BCUT2D eigenvalue weighted by Crippen LogP contribution is 2.24. The van der Waals surface area contributed by atoms with Gasteiger partial charge in [-0.25, -0.2) is 0 Å². The first-order chi connectivity index (χ1) is 9.45. The Balaban J connectivity index is 2.84. The van der Waals surface area contributed by atoms with Crippen LogP contribution in [0, 0.1) is 12.8 Å². The molecule has 0 spiro atoms. The molecule has 1 rings (SSSR count). The Hall–Kier alpha value is -1.02. The molecule has 1 aromatic rings. The maximum Gasteiger partial charge on any atom is 0.0398 e. The molecule has 20 heavy (non-hydrogen) atoms. The Kier molecular flexibility index (Phi) is 7.08. The summed E-state index contributed by atoms with van der Waals surface area (Å²) in [6.07, 6.45) is 1.19. The summed E-state index contributed by atoms with van der Waals surface area (Å²) in [6, 6.07) is 7.43. The molecule has 0 aromatic heterocycles. The third kappa shape index (κ3) is 5.16. The number of rotatable bonds is 8. The van der Waals surface area contributed by atoms with Gasteiger partial charge in [0.25, 0.3) is 0 Å². The van der Waals surface area contributed by atoms with Crippen molar-refractivity contribution in [2.45, 2.75) is 60.5 Å². The Bertz CT molecular complexity index is 396. The number of anilines is 1. The SMILES string of the molecule is CCCNCc1ccc(N(CC(C)C)C(C)C)c(C)c1. The van der Waals surface area contributed by atoms with Crippen LogP contribution in [-0.4, -0.2) is 19.1 Å². The van der Waals surface area contributed by atoms with Gasteiger partial charge in [-0.3, -0.25) is 0 Å². The first-order valence-corrected chi connectivity index (χ1v) is 8.02. The normalized spacial score (nSPS) is 11.4. The van der Waals surface area contributed by atoms with Gasteiger partial charge in [0.15, 0.2) is 0 Å². The summed E-state index contributed by atoms with van der Waals surface area (Å²) in [4.78, 5) is 2.52. The van der Waals surface area contributed by atoms with E-state index in [1.165, 1.54) is 23.2 Å². The van der Waals surface area contributed by atoms with E-state index in [9.17, 15) is 0 Å². The summed E-state index contributed by atoms with van der Waals surface area (Å²) in [5.41, 5.74) is 4.15. The van der Waals surface area contributed by atoms with Crippen molar-refractivity contribution in [1.29, 1.82) is 0 Å². The van der Waals surface area contributed by atoms with Gasteiger partial charge in [0.1, 0.15) is 0 Å². The second-order valence-corrected chi connectivity index (χ2v) is 6.44. The molecule has 0 saturated heterocycles. The summed E-state index contributed by atoms with van der Waals surface area (Å²) < 4.78 is 0. The minimum Gasteiger partial charge on any atom is -0.369 e. The van der Waals surface area contributed by atoms with Crippen LogP contribution in [0.4, 0.5) is 5.69 Å². The average molecular weight is 276 g/mol. The lowest BCUT2D eigenvalue weighted by molar-refractivity contribution is 0.570. The van der Waals surface area contributed by atoms with Gasteiger partial charge in [0.05, 0.1) is 0 Å². The number of nitrogens with one attached hydrogen (secondary N) is 1. The summed E-state index contributed by atoms with van der Waals surface area (Å²) in [7, 11) is 0. The van der Waals surface area contributed by atoms with Gasteiger partial charge in [0, 0.05) is 24.8 Å². The fraction of sp³-hybridized carbons (Fsp3) is 0.667. The molecule has 0 bridgehead atoms. The quantitative estimate of drug-likeness (QED) is 0.709. The van der Waals surface area contributed by atoms with Crippen LogP contribution in [-0.2, 0) is 6.54 Å². The second kappa shape index (κ2) is 8.31. The highest BCUT2D eigenvalue weighted by Gasteiger charge is 2.14. The topological polar surface area (TPSA) is 15.3 Å². The van der Waals surface area contributed by atoms with Gasteiger partial charge < -0.3 is 10.2 Å². The standard InChI is InChI=1S/C18H32N2/c1-7-10-19-12-17-8-9-18(16(6)11-17)20(15(4)5)13-14(2)3/h8-9,11,14-15,19H,7,10,12-13H2,1-6H3. The monoisotopic (exact) mass is 276 g/mol. The maximum atomic E-state index is 3.47. The Labute approximate surface area is 125 Å². The van der Waals surface area contributed by atoms with Gasteiger partial charge in [-0.1, -0.05) is 32.9 Å². The van der Waals surface area contributed by atoms with E-state index in [1.54, 1.807) is 0 Å². The smallest absolute Gasteiger partial charge is 0.0398 e. The molecule has 2 nitrogen and oxygen atoms in total. The van der Waals surface area contributed by atoms with Crippen LogP contribution in [0.15, 0.2) is 18.2 Å². The average Bonchev–Trinajstić information content (AvgIpc) is 2.36. The summed E-state index contributed by atoms with van der Waals surface area (Å²) >= 11 is 0. The molecule has 0 saturated carbocycles. The zero-order valence-corrected chi connectivity index (χ0v) is 14.2. The molecular weight excluding hydrogens is 244 g/mol. The number of hydrogen-bond donors (Lipinski definition) is 1. The van der Waals surface area contributed by atoms with E-state index in [0.29, 0.717) is 12.0 Å². The van der Waals surface area contributed by atoms with Crippen molar-refractivity contribution in [1.82, 2.24) is 5.32 Å². The minimum atomic E-state index is 0.542. The fourth-order valence-corrected chi connectivity index (χ4v) is 2.54. The molecule has 0 aliphatic carbocycles. The van der Waals surface area contributed by atoms with Crippen molar-refractivity contribution in [3.05, 3.63) is 29.3 Å². The highest BCUT2D eigenvalue weighted by molar-refractivity contribution is 5.55. The summed E-state index contributed by atoms with van der Waals surface area (Å²) in [5, 5.41) is 3.47. The minimum absolute atomic E-state index is 0.542. The molecular formula is C18H32N2. The predicted molar refractivity (Wildman–Crippen MR) is 90.5 cm³/mol. The van der Waals surface area contributed by atoms with Gasteiger partial charge >= 0.3 is 0 Å². The van der Waals surface area contributed by atoms with Crippen molar-refractivity contribution in [2.24, 2.45) is 5.92 Å². The molecule has 0 fully saturated rings. The molecule has 0 heterocycles. The van der Waals surface area contributed by atoms with E-state index >= 15 is 0 Å². The lowest BCUT2D eigenvalue weighted by Crippen LogP contribution is -2.34. The van der Waals surface area contributed by atoms with Crippen molar-refractivity contribution >= 4 is 5.69 Å². The van der Waals surface area contributed by atoms with Gasteiger partial charge in [-0.2, -0.15) is 0 Å². The molecule has 1 N–H and O–H groups in total. The molecule has 114 valence electrons. The van der Waals surface area contributed by atoms with E-state index in [1.807, 2.05) is 0 Å². The van der Waals surface area contributed by atoms with Crippen molar-refractivity contribution in [3.8, 4) is 0 Å². The molecule has 0 amide bonds. The summed E-state index contributed by atoms with van der Waals surface area (Å²) in [6.45, 7) is 16.7. The largest absolute Gasteiger partial charge is 0.369 e. The van der Waals surface area contributed by atoms with Crippen LogP contribution in [0.3, 0.4) is 0 Å². The van der Waals surface area contributed by atoms with Crippen molar-refractivity contribution in [3.63, 3.8) is 0 Å². The molecule has 0 unspecified atom stereocenters. The molecule has 0 radical (unpaired) electrons. The van der Waals surface area contributed by atoms with E-state index in [-0.39, 0.29) is 0 Å². The first kappa shape index (κ1) is 17.0. The lowest BCUT2D eigenvalue weighted by atomic mass is 10.1. The Morgan fingerprint density at radius 1 is 1.15 bits per heavy atom. The Morgan fingerprint density at radius 2 is 1.85 bits per heavy atom. The zero-order valence-electron chi connectivity index (χ0n) is 14.2. The van der Waals surface area contributed by atoms with Gasteiger partial charge in [-0.05, 0) is 56.8 Å². The fourth-order valence-electron chi connectivity index (χ4n) is 2.54. The molecule has 0 atom stereocenters. The van der Waals surface area contributed by atoms with E-state index in [0.717, 1.165) is 19.6 Å². The molecule has 1 aromatic carbocycles. The zero-order chi connectivity index (χ0) is 15.1. The predicted octanol–water partition coefficient (Wildman–Crippen LogP) is 4.37. The second-order valence-electron chi connectivity index (χ2n) is 6.44. The first-order valence-electron chi connectivity index (χ1n) is 8.02. The third-order valence-corrected chi connectivity index (χ3v) is 3.51. The van der Waals surface area contributed by atoms with Crippen LogP contribution in [0.25, 0.3) is 0 Å². The van der Waals surface area contributed by atoms with E-state index in [4.69, 9.17) is 0 Å². The van der Waals surface area contributed by atoms with Crippen molar-refractivity contribution in [2.75, 3.05) is 18.0 Å². The summed E-state index contributed by atoms with van der Waals surface area (Å²) in [5.74, 6) is 0.683. The van der Waals surface area contributed by atoms with Crippen molar-refractivity contribution < 1.29 is 0 Å². The van der Waals surface area contributed by atoms with Gasteiger partial charge in [0.2, 0.25) is 0 Å². The number of nitrogens with zero attached hydrogens (tertiary/aromatic N) is 1. The number of hydrogen-bond acceptors (Lipinski definition) is 2. The van der Waals surface area contributed by atoms with Crippen LogP contribution in [0.5, 0.6) is 0 Å². The highest BCUT2D eigenvalue weighted by atomic mass is 15.2. The molecule has 0 aliphatic rings. The Morgan fingerprint density at radius 3 is 2.35 bits per heavy atom. The maximum absolute atomic E-state index is 3.47. The van der Waals surface area contributed by atoms with E-state index in [2.05, 4.69) is 70.0 Å². The van der Waals surface area contributed by atoms with Crippen LogP contribution >= 0.6 is 0 Å². The van der Waals surface area contributed by atoms with Crippen LogP contribution < -0.4 is 10.2 Å². The van der Waals surface area contributed by atoms with Gasteiger partial charge in [-0.15, -0.1) is 0 Å². The molecule has 2 heteroatoms. The van der Waals surface area contributed by atoms with E-state index < -0.39 is 0 Å². The van der Waals surface area contributed by atoms with Crippen LogP contribution in [0.1, 0.15) is 52.2 Å². The third-order valence-electron chi connectivity index (χ3n) is 3.51. The lowest BCUT2D eigenvalue weighted by Gasteiger charge is -2.32. The van der Waals surface area contributed by atoms with Crippen LogP contribution in [0.2, 0.25) is 0 Å². The number of aryl methyl sites for hydroxylation is 1. The molecule has 0 aliphatic heterocycles. The number of benzene rings is 1.